The molecule has 4 heterocycles. The number of alkyl carbamates (subject to hydrolysis) is 1. The third-order valence-corrected chi connectivity index (χ3v) is 11.6. The van der Waals surface area contributed by atoms with Crippen LogP contribution in [0, 0.1) is 11.8 Å². The van der Waals surface area contributed by atoms with E-state index in [0.717, 1.165) is 33.8 Å². The van der Waals surface area contributed by atoms with Crippen molar-refractivity contribution in [2.75, 3.05) is 31.6 Å². The van der Waals surface area contributed by atoms with Crippen molar-refractivity contribution in [1.29, 1.82) is 0 Å². The van der Waals surface area contributed by atoms with Gasteiger partial charge in [-0.2, -0.15) is 4.31 Å². The van der Waals surface area contributed by atoms with Gasteiger partial charge in [0, 0.05) is 19.1 Å². The highest BCUT2D eigenvalue weighted by Crippen LogP contribution is 2.41. The summed E-state index contributed by atoms with van der Waals surface area (Å²) in [7, 11) is -4.01. The minimum absolute atomic E-state index is 0.0182. The molecule has 2 aromatic carbocycles. The van der Waals surface area contributed by atoms with Gasteiger partial charge in [-0.05, 0) is 48.9 Å². The lowest BCUT2D eigenvalue weighted by molar-refractivity contribution is -0.231. The van der Waals surface area contributed by atoms with E-state index in [4.69, 9.17) is 18.9 Å². The topological polar surface area (TPSA) is 149 Å². The quantitative estimate of drug-likeness (QED) is 0.247. The monoisotopic (exact) mass is 672 g/mol. The van der Waals surface area contributed by atoms with E-state index >= 15 is 0 Å². The average molecular weight is 673 g/mol. The van der Waals surface area contributed by atoms with Gasteiger partial charge in [0.25, 0.3) is 0 Å². The molecule has 0 spiro atoms. The molecular weight excluding hydrogens is 633 g/mol. The van der Waals surface area contributed by atoms with Crippen molar-refractivity contribution in [3.05, 3.63) is 54.1 Å². The van der Waals surface area contributed by atoms with Crippen LogP contribution in [0.5, 0.6) is 0 Å². The molecule has 1 saturated carbocycles. The summed E-state index contributed by atoms with van der Waals surface area (Å²) in [5.41, 5.74) is 1.60. The van der Waals surface area contributed by atoms with E-state index in [-0.39, 0.29) is 55.1 Å². The fraction of sp³-hybridized carbons (Fsp3) is 0.562. The molecule has 4 aliphatic rings. The molecule has 3 N–H and O–H groups in total. The molecule has 46 heavy (non-hydrogen) atoms. The van der Waals surface area contributed by atoms with Crippen LogP contribution in [0.25, 0.3) is 10.2 Å². The molecule has 12 nitrogen and oxygen atoms in total. The number of carbonyl (C=O) groups excluding carboxylic acids is 1. The molecule has 7 rings (SSSR count). The van der Waals surface area contributed by atoms with Crippen LogP contribution in [0.3, 0.4) is 0 Å². The highest BCUT2D eigenvalue weighted by molar-refractivity contribution is 7.89. The van der Waals surface area contributed by atoms with Gasteiger partial charge in [-0.15, -0.1) is 0 Å². The lowest BCUT2D eigenvalue weighted by atomic mass is 9.99. The third-order valence-electron chi connectivity index (χ3n) is 8.86. The number of aliphatic hydroxyl groups excluding tert-OH is 1. The predicted molar refractivity (Wildman–Crippen MR) is 171 cm³/mol. The van der Waals surface area contributed by atoms with Gasteiger partial charge in [-0.1, -0.05) is 55.5 Å². The number of fused-ring (bicyclic) bond motifs is 2. The summed E-state index contributed by atoms with van der Waals surface area (Å²) >= 11 is 1.43. The van der Waals surface area contributed by atoms with Gasteiger partial charge < -0.3 is 34.7 Å². The fourth-order valence-electron chi connectivity index (χ4n) is 6.38. The summed E-state index contributed by atoms with van der Waals surface area (Å²) in [5, 5.41) is 18.6. The number of nitrogens with one attached hydrogen (secondary N) is 2. The number of carbonyl (C=O) groups is 1. The first kappa shape index (κ1) is 31.7. The number of benzene rings is 2. The largest absolute Gasteiger partial charge is 0.443 e. The number of sulfonamides is 1. The maximum Gasteiger partial charge on any atom is 0.407 e. The highest BCUT2D eigenvalue weighted by atomic mass is 32.2. The van der Waals surface area contributed by atoms with Crippen LogP contribution < -0.4 is 10.6 Å². The van der Waals surface area contributed by atoms with Crippen LogP contribution in [-0.2, 0) is 35.4 Å². The number of aromatic nitrogens is 1. The zero-order valence-electron chi connectivity index (χ0n) is 25.8. The number of nitrogens with zero attached hydrogens (tertiary/aromatic N) is 2. The van der Waals surface area contributed by atoms with Crippen LogP contribution in [0.2, 0.25) is 0 Å². The number of amides is 1. The molecule has 7 unspecified atom stereocenters. The number of aliphatic hydroxyl groups is 1. The van der Waals surface area contributed by atoms with E-state index in [1.54, 1.807) is 18.2 Å². The van der Waals surface area contributed by atoms with Crippen LogP contribution in [0.15, 0.2) is 53.4 Å². The van der Waals surface area contributed by atoms with Gasteiger partial charge in [0.1, 0.15) is 18.3 Å². The van der Waals surface area contributed by atoms with Crippen molar-refractivity contribution >= 4 is 42.8 Å². The highest BCUT2D eigenvalue weighted by Gasteiger charge is 2.58. The summed E-state index contributed by atoms with van der Waals surface area (Å²) in [6.45, 7) is 4.44. The Bertz CT molecular complexity index is 1650. The molecule has 1 amide bonds. The molecule has 4 fully saturated rings. The Balaban J connectivity index is 1.09. The van der Waals surface area contributed by atoms with Crippen molar-refractivity contribution in [2.24, 2.45) is 11.8 Å². The van der Waals surface area contributed by atoms with E-state index < -0.39 is 40.7 Å². The minimum Gasteiger partial charge on any atom is -0.443 e. The molecule has 2 bridgehead atoms. The Morgan fingerprint density at radius 2 is 1.91 bits per heavy atom. The van der Waals surface area contributed by atoms with E-state index in [2.05, 4.69) is 15.6 Å². The molecule has 0 radical (unpaired) electrons. The third kappa shape index (κ3) is 6.75. The number of ether oxygens (including phenoxy) is 4. The molecule has 3 saturated heterocycles. The van der Waals surface area contributed by atoms with Gasteiger partial charge in [-0.25, -0.2) is 18.2 Å². The van der Waals surface area contributed by atoms with Crippen molar-refractivity contribution in [3.8, 4) is 0 Å². The standard InChI is InChI=1S/C32H40N4O8S2/c1-18(2)14-36(46(39,40)21-10-11-23-27(13-21)45-31(34-23)33-20-8-9-20)15-25(37)24(12-19-6-4-3-5-7-19)35-32(38)44-28-22-16-41-30-29(22)43-26(28)17-42-30/h3-7,10-11,13,18,20,22,24-26,28-30,37H,8-9,12,14-17H2,1-2H3,(H,33,34)(H,35,38). The maximum absolute atomic E-state index is 14.1. The number of hydrogen-bond donors (Lipinski definition) is 3. The molecule has 1 aromatic heterocycles. The van der Waals surface area contributed by atoms with Crippen molar-refractivity contribution in [2.45, 2.75) is 80.8 Å². The van der Waals surface area contributed by atoms with E-state index in [9.17, 15) is 18.3 Å². The van der Waals surface area contributed by atoms with Gasteiger partial charge in [-0.3, -0.25) is 0 Å². The van der Waals surface area contributed by atoms with Crippen molar-refractivity contribution in [1.82, 2.24) is 14.6 Å². The molecule has 1 aliphatic carbocycles. The predicted octanol–water partition coefficient (Wildman–Crippen LogP) is 3.35. The van der Waals surface area contributed by atoms with Crippen LogP contribution in [0.1, 0.15) is 32.3 Å². The summed E-state index contributed by atoms with van der Waals surface area (Å²) in [6.07, 6.45) is -1.13. The van der Waals surface area contributed by atoms with E-state index in [0.29, 0.717) is 12.6 Å². The first-order valence-corrected chi connectivity index (χ1v) is 18.1. The zero-order chi connectivity index (χ0) is 32.0. The zero-order valence-corrected chi connectivity index (χ0v) is 27.4. The second-order valence-corrected chi connectivity index (χ2v) is 16.0. The maximum atomic E-state index is 14.1. The lowest BCUT2D eigenvalue weighted by Crippen LogP contribution is -2.52. The van der Waals surface area contributed by atoms with E-state index in [1.807, 2.05) is 44.2 Å². The summed E-state index contributed by atoms with van der Waals surface area (Å²) in [6, 6.07) is 14.0. The smallest absolute Gasteiger partial charge is 0.407 e. The first-order valence-electron chi connectivity index (χ1n) is 15.9. The second-order valence-electron chi connectivity index (χ2n) is 13.0. The number of thiazole rings is 1. The van der Waals surface area contributed by atoms with Gasteiger partial charge in [0.2, 0.25) is 10.0 Å². The molecular formula is C32H40N4O8S2. The van der Waals surface area contributed by atoms with Gasteiger partial charge in [0.05, 0.1) is 46.4 Å². The summed E-state index contributed by atoms with van der Waals surface area (Å²) < 4.78 is 53.4. The van der Waals surface area contributed by atoms with Crippen LogP contribution >= 0.6 is 11.3 Å². The Hall–Kier alpha value is -2.85. The number of rotatable bonds is 13. The van der Waals surface area contributed by atoms with Crippen molar-refractivity contribution < 1.29 is 37.3 Å². The van der Waals surface area contributed by atoms with Crippen molar-refractivity contribution in [3.63, 3.8) is 0 Å². The lowest BCUT2D eigenvalue weighted by Gasteiger charge is -2.31. The van der Waals surface area contributed by atoms with Gasteiger partial charge >= 0.3 is 6.09 Å². The molecule has 248 valence electrons. The first-order chi connectivity index (χ1) is 22.1. The summed E-state index contributed by atoms with van der Waals surface area (Å²) in [5.74, 6) is -0.153. The average Bonchev–Trinajstić information content (AvgIpc) is 3.48. The molecule has 14 heteroatoms. The normalized spacial score (nSPS) is 26.8. The van der Waals surface area contributed by atoms with E-state index in [1.165, 1.54) is 15.6 Å². The fourth-order valence-corrected chi connectivity index (χ4v) is 9.09. The SMILES string of the molecule is CC(C)CN(CC(O)C(Cc1ccccc1)NC(=O)OC1C2COC3OCC1C3O2)S(=O)(=O)c1ccc2nc(NC3CC3)sc2c1. The van der Waals surface area contributed by atoms with Crippen LogP contribution in [-0.4, -0.2) is 98.0 Å². The second kappa shape index (κ2) is 13.0. The van der Waals surface area contributed by atoms with Crippen LogP contribution in [0.4, 0.5) is 9.93 Å². The summed E-state index contributed by atoms with van der Waals surface area (Å²) in [4.78, 5) is 18.1. The molecule has 3 aliphatic heterocycles. The number of anilines is 1. The van der Waals surface area contributed by atoms with Gasteiger partial charge in [0.15, 0.2) is 11.4 Å². The Labute approximate surface area is 272 Å². The Kier molecular flexibility index (Phi) is 8.96. The molecule has 3 aromatic rings. The minimum atomic E-state index is -4.01. The molecule has 7 atom stereocenters. The Morgan fingerprint density at radius 1 is 1.13 bits per heavy atom. The Morgan fingerprint density at radius 3 is 2.67 bits per heavy atom. The number of hydrogen-bond acceptors (Lipinski definition) is 11.